The van der Waals surface area contributed by atoms with Crippen LogP contribution in [0.25, 0.3) is 0 Å². The first kappa shape index (κ1) is 18.0. The molecule has 0 heterocycles. The van der Waals surface area contributed by atoms with Gasteiger partial charge in [-0.2, -0.15) is 0 Å². The van der Waals surface area contributed by atoms with E-state index in [4.69, 9.17) is 0 Å². The molecule has 2 rings (SSSR count). The van der Waals surface area contributed by atoms with Gasteiger partial charge < -0.3 is 5.32 Å². The third kappa shape index (κ3) is 5.09. The van der Waals surface area contributed by atoms with Gasteiger partial charge in [0.05, 0.1) is 12.3 Å². The molecule has 6 heteroatoms. The van der Waals surface area contributed by atoms with Crippen molar-refractivity contribution in [1.82, 2.24) is 5.32 Å². The molecular weight excluding hydrogens is 324 g/mol. The molecule has 0 radical (unpaired) electrons. The van der Waals surface area contributed by atoms with E-state index >= 15 is 0 Å². The fraction of sp³-hybridized carbons (Fsp3) is 0.278. The van der Waals surface area contributed by atoms with Gasteiger partial charge in [-0.15, -0.1) is 0 Å². The Bertz CT molecular complexity index is 797. The van der Waals surface area contributed by atoms with Crippen molar-refractivity contribution in [3.8, 4) is 0 Å². The van der Waals surface area contributed by atoms with E-state index in [-0.39, 0.29) is 11.9 Å². The molecule has 2 N–H and O–H groups in total. The van der Waals surface area contributed by atoms with E-state index in [1.807, 2.05) is 38.1 Å². The number of carbonyl (C=O) groups excluding carboxylic acids is 1. The lowest BCUT2D eigenvalue weighted by molar-refractivity contribution is 0.0935. The van der Waals surface area contributed by atoms with Gasteiger partial charge in [0.2, 0.25) is 10.0 Å². The summed E-state index contributed by atoms with van der Waals surface area (Å²) in [4.78, 5) is 12.4. The summed E-state index contributed by atoms with van der Waals surface area (Å²) >= 11 is 0. The summed E-state index contributed by atoms with van der Waals surface area (Å²) in [6.45, 7) is 4.04. The number of amides is 1. The van der Waals surface area contributed by atoms with Crippen LogP contribution in [0.2, 0.25) is 0 Å². The molecule has 0 unspecified atom stereocenters. The first-order chi connectivity index (χ1) is 11.3. The maximum Gasteiger partial charge on any atom is 0.251 e. The van der Waals surface area contributed by atoms with Crippen LogP contribution in [0.4, 0.5) is 5.69 Å². The van der Waals surface area contributed by atoms with Gasteiger partial charge in [0, 0.05) is 11.3 Å². The van der Waals surface area contributed by atoms with Gasteiger partial charge >= 0.3 is 0 Å². The van der Waals surface area contributed by atoms with Crippen molar-refractivity contribution in [3.63, 3.8) is 0 Å². The first-order valence-electron chi connectivity index (χ1n) is 7.74. The van der Waals surface area contributed by atoms with E-state index in [1.54, 1.807) is 24.3 Å². The summed E-state index contributed by atoms with van der Waals surface area (Å²) < 4.78 is 24.8. The Morgan fingerprint density at radius 3 is 2.12 bits per heavy atom. The summed E-state index contributed by atoms with van der Waals surface area (Å²) in [5.41, 5.74) is 3.15. The Kier molecular flexibility index (Phi) is 5.62. The van der Waals surface area contributed by atoms with Gasteiger partial charge in [-0.25, -0.2) is 8.42 Å². The summed E-state index contributed by atoms with van der Waals surface area (Å²) in [5, 5.41) is 3.01. The third-order valence-corrected chi connectivity index (χ3v) is 4.25. The van der Waals surface area contributed by atoms with Crippen molar-refractivity contribution >= 4 is 21.6 Å². The molecule has 1 amide bonds. The van der Waals surface area contributed by atoms with Crippen LogP contribution in [0, 0.1) is 6.92 Å². The largest absolute Gasteiger partial charge is 0.345 e. The molecule has 0 saturated carbocycles. The van der Waals surface area contributed by atoms with E-state index in [9.17, 15) is 13.2 Å². The lowest BCUT2D eigenvalue weighted by Gasteiger charge is -2.18. The monoisotopic (exact) mass is 346 g/mol. The molecule has 0 aromatic heterocycles. The molecule has 5 nitrogen and oxygen atoms in total. The summed E-state index contributed by atoms with van der Waals surface area (Å²) in [7, 11) is -3.32. The van der Waals surface area contributed by atoms with E-state index in [2.05, 4.69) is 10.0 Å². The molecule has 0 fully saturated rings. The zero-order chi connectivity index (χ0) is 17.7. The van der Waals surface area contributed by atoms with Crippen molar-refractivity contribution in [3.05, 3.63) is 65.2 Å². The fourth-order valence-electron chi connectivity index (χ4n) is 2.37. The predicted molar refractivity (Wildman–Crippen MR) is 96.6 cm³/mol. The van der Waals surface area contributed by atoms with Crippen molar-refractivity contribution in [2.75, 3.05) is 11.0 Å². The van der Waals surface area contributed by atoms with Crippen LogP contribution < -0.4 is 10.0 Å². The number of hydrogen-bond acceptors (Lipinski definition) is 3. The highest BCUT2D eigenvalue weighted by molar-refractivity contribution is 7.92. The first-order valence-corrected chi connectivity index (χ1v) is 9.63. The van der Waals surface area contributed by atoms with Gasteiger partial charge in [0.1, 0.15) is 0 Å². The third-order valence-electron chi connectivity index (χ3n) is 3.64. The highest BCUT2D eigenvalue weighted by Crippen LogP contribution is 2.18. The molecule has 2 aromatic rings. The molecule has 0 bridgehead atoms. The lowest BCUT2D eigenvalue weighted by atomic mass is 10.0. The quantitative estimate of drug-likeness (QED) is 0.843. The molecule has 24 heavy (non-hydrogen) atoms. The second-order valence-electron chi connectivity index (χ2n) is 5.80. The lowest BCUT2D eigenvalue weighted by Crippen LogP contribution is -2.28. The van der Waals surface area contributed by atoms with E-state index in [0.29, 0.717) is 11.3 Å². The summed E-state index contributed by atoms with van der Waals surface area (Å²) in [6, 6.07) is 14.4. The number of benzene rings is 2. The summed E-state index contributed by atoms with van der Waals surface area (Å²) in [6.07, 6.45) is 1.86. The Hall–Kier alpha value is -2.34. The second-order valence-corrected chi connectivity index (χ2v) is 7.55. The van der Waals surface area contributed by atoms with Crippen LogP contribution in [-0.4, -0.2) is 20.6 Å². The minimum atomic E-state index is -3.32. The predicted octanol–water partition coefficient (Wildman–Crippen LogP) is 3.25. The number of sulfonamides is 1. The number of anilines is 1. The minimum absolute atomic E-state index is 0.0630. The number of nitrogens with one attached hydrogen (secondary N) is 2. The molecule has 0 saturated heterocycles. The Morgan fingerprint density at radius 2 is 1.62 bits per heavy atom. The van der Waals surface area contributed by atoms with Crippen molar-refractivity contribution in [1.29, 1.82) is 0 Å². The van der Waals surface area contributed by atoms with Crippen LogP contribution in [-0.2, 0) is 10.0 Å². The van der Waals surface area contributed by atoms with Gasteiger partial charge in [0.15, 0.2) is 0 Å². The van der Waals surface area contributed by atoms with Crippen LogP contribution in [0.1, 0.15) is 40.9 Å². The zero-order valence-electron chi connectivity index (χ0n) is 14.0. The molecule has 0 spiro atoms. The van der Waals surface area contributed by atoms with Crippen molar-refractivity contribution < 1.29 is 13.2 Å². The fourth-order valence-corrected chi connectivity index (χ4v) is 2.93. The number of hydrogen-bond donors (Lipinski definition) is 2. The van der Waals surface area contributed by atoms with E-state index in [1.165, 1.54) is 5.56 Å². The molecule has 0 aliphatic rings. The van der Waals surface area contributed by atoms with Gasteiger partial charge in [-0.05, 0) is 43.2 Å². The van der Waals surface area contributed by atoms with Crippen LogP contribution in [0.5, 0.6) is 0 Å². The number of aryl methyl sites for hydroxylation is 1. The molecule has 2 aromatic carbocycles. The Labute approximate surface area is 143 Å². The molecule has 0 aliphatic heterocycles. The normalized spacial score (nSPS) is 12.5. The van der Waals surface area contributed by atoms with Crippen LogP contribution in [0.15, 0.2) is 48.5 Å². The number of rotatable bonds is 6. The minimum Gasteiger partial charge on any atom is -0.345 e. The maximum atomic E-state index is 12.4. The smallest absolute Gasteiger partial charge is 0.251 e. The molecule has 0 aliphatic carbocycles. The van der Waals surface area contributed by atoms with Gasteiger partial charge in [0.25, 0.3) is 5.91 Å². The standard InChI is InChI=1S/C18H22N2O3S/c1-4-17(14-7-5-13(2)6-8-14)19-18(21)15-9-11-16(12-10-15)20-24(3,22)23/h5-12,17,20H,4H2,1-3H3,(H,19,21)/t17-/m0/s1. The highest BCUT2D eigenvalue weighted by atomic mass is 32.2. The van der Waals surface area contributed by atoms with Crippen LogP contribution in [0.3, 0.4) is 0 Å². The summed E-state index contributed by atoms with van der Waals surface area (Å²) in [5.74, 6) is -0.187. The van der Waals surface area contributed by atoms with Crippen LogP contribution >= 0.6 is 0 Å². The Morgan fingerprint density at radius 1 is 1.04 bits per heavy atom. The zero-order valence-corrected chi connectivity index (χ0v) is 14.9. The molecular formula is C18H22N2O3S. The second kappa shape index (κ2) is 7.49. The molecule has 1 atom stereocenters. The maximum absolute atomic E-state index is 12.4. The Balaban J connectivity index is 2.09. The average Bonchev–Trinajstić information content (AvgIpc) is 2.52. The SMILES string of the molecule is CC[C@H](NC(=O)c1ccc(NS(C)(=O)=O)cc1)c1ccc(C)cc1. The van der Waals surface area contributed by atoms with Crippen molar-refractivity contribution in [2.45, 2.75) is 26.3 Å². The van der Waals surface area contributed by atoms with E-state index < -0.39 is 10.0 Å². The molecule has 128 valence electrons. The van der Waals surface area contributed by atoms with Gasteiger partial charge in [-0.3, -0.25) is 9.52 Å². The van der Waals surface area contributed by atoms with Crippen molar-refractivity contribution in [2.24, 2.45) is 0 Å². The average molecular weight is 346 g/mol. The number of carbonyl (C=O) groups is 1. The van der Waals surface area contributed by atoms with E-state index in [0.717, 1.165) is 18.2 Å². The topological polar surface area (TPSA) is 75.3 Å². The highest BCUT2D eigenvalue weighted by Gasteiger charge is 2.14. The van der Waals surface area contributed by atoms with Gasteiger partial charge in [-0.1, -0.05) is 36.8 Å².